The number of aromatic nitrogens is 3. The summed E-state index contributed by atoms with van der Waals surface area (Å²) in [5, 5.41) is 8.78. The van der Waals surface area contributed by atoms with Crippen molar-refractivity contribution in [2.75, 3.05) is 7.11 Å². The summed E-state index contributed by atoms with van der Waals surface area (Å²) < 4.78 is 7.23. The van der Waals surface area contributed by atoms with Gasteiger partial charge in [0.1, 0.15) is 5.75 Å². The Kier molecular flexibility index (Phi) is 3.99. The van der Waals surface area contributed by atoms with E-state index in [0.29, 0.717) is 25.9 Å². The summed E-state index contributed by atoms with van der Waals surface area (Å²) in [6, 6.07) is 14.8. The Bertz CT molecular complexity index is 1170. The number of halogens is 1. The maximum absolute atomic E-state index is 12.8. The van der Waals surface area contributed by atoms with Gasteiger partial charge in [-0.2, -0.15) is 0 Å². The Morgan fingerprint density at radius 2 is 1.88 bits per heavy atom. The van der Waals surface area contributed by atoms with E-state index >= 15 is 0 Å². The molecule has 0 N–H and O–H groups in total. The lowest BCUT2D eigenvalue weighted by Gasteiger charge is -1.99. The highest BCUT2D eigenvalue weighted by Crippen LogP contribution is 2.25. The largest absolute Gasteiger partial charge is 0.497 e. The molecular weight excluding hydrogens is 358 g/mol. The molecule has 7 heteroatoms. The van der Waals surface area contributed by atoms with Crippen molar-refractivity contribution in [2.24, 2.45) is 0 Å². The number of benzene rings is 2. The third-order valence-electron chi connectivity index (χ3n) is 3.78. The first kappa shape index (κ1) is 15.8. The van der Waals surface area contributed by atoms with Crippen LogP contribution in [0.1, 0.15) is 5.56 Å². The molecule has 4 rings (SSSR count). The molecule has 124 valence electrons. The number of hydrogen-bond donors (Lipinski definition) is 0. The van der Waals surface area contributed by atoms with Crippen molar-refractivity contribution >= 4 is 34.0 Å². The fourth-order valence-electron chi connectivity index (χ4n) is 2.53. The molecule has 5 nitrogen and oxygen atoms in total. The molecule has 2 heterocycles. The molecule has 0 aliphatic carbocycles. The normalized spacial score (nSPS) is 12.0. The second-order valence-electron chi connectivity index (χ2n) is 5.31. The average Bonchev–Trinajstić information content (AvgIpc) is 3.17. The van der Waals surface area contributed by atoms with Gasteiger partial charge in [-0.15, -0.1) is 10.2 Å². The molecule has 0 aliphatic heterocycles. The fourth-order valence-corrected chi connectivity index (χ4v) is 3.66. The van der Waals surface area contributed by atoms with Gasteiger partial charge in [0, 0.05) is 5.56 Å². The Hall–Kier alpha value is -2.70. The number of hydrogen-bond acceptors (Lipinski definition) is 5. The minimum absolute atomic E-state index is 0.157. The van der Waals surface area contributed by atoms with Gasteiger partial charge < -0.3 is 4.74 Å². The van der Waals surface area contributed by atoms with Crippen molar-refractivity contribution in [3.63, 3.8) is 0 Å². The van der Waals surface area contributed by atoms with Crippen LogP contribution < -0.4 is 14.8 Å². The molecule has 2 aromatic heterocycles. The van der Waals surface area contributed by atoms with Crippen molar-refractivity contribution < 1.29 is 4.74 Å². The predicted molar refractivity (Wildman–Crippen MR) is 99.4 cm³/mol. The highest BCUT2D eigenvalue weighted by molar-refractivity contribution is 7.15. The van der Waals surface area contributed by atoms with E-state index in [1.54, 1.807) is 13.2 Å². The Labute approximate surface area is 151 Å². The zero-order valence-electron chi connectivity index (χ0n) is 13.1. The molecule has 0 unspecified atom stereocenters. The molecule has 0 saturated carbocycles. The van der Waals surface area contributed by atoms with Gasteiger partial charge in [0.15, 0.2) is 5.82 Å². The summed E-state index contributed by atoms with van der Waals surface area (Å²) in [4.78, 5) is 13.4. The summed E-state index contributed by atoms with van der Waals surface area (Å²) in [5.41, 5.74) is 1.44. The van der Waals surface area contributed by atoms with Gasteiger partial charge in [-0.25, -0.2) is 4.40 Å². The summed E-state index contributed by atoms with van der Waals surface area (Å²) in [5.74, 6) is 1.22. The lowest BCUT2D eigenvalue weighted by molar-refractivity contribution is 0.415. The van der Waals surface area contributed by atoms with E-state index in [4.69, 9.17) is 16.3 Å². The predicted octanol–water partition coefficient (Wildman–Crippen LogP) is 3.03. The number of thiazole rings is 1. The van der Waals surface area contributed by atoms with Crippen LogP contribution in [0.3, 0.4) is 0 Å². The zero-order valence-corrected chi connectivity index (χ0v) is 14.7. The van der Waals surface area contributed by atoms with Crippen LogP contribution in [0, 0.1) is 0 Å². The zero-order chi connectivity index (χ0) is 17.4. The minimum Gasteiger partial charge on any atom is -0.497 e. The number of fused-ring (bicyclic) bond motifs is 1. The monoisotopic (exact) mass is 369 g/mol. The standard InChI is InChI=1S/C18H12ClN3O2S/c1-24-12-8-6-11(7-9-12)10-15-17(23)22-16(20-21-18(22)25-15)13-4-2-3-5-14(13)19/h2-10H,1H3. The van der Waals surface area contributed by atoms with Crippen LogP contribution in [0.25, 0.3) is 22.4 Å². The highest BCUT2D eigenvalue weighted by atomic mass is 35.5. The first-order valence-corrected chi connectivity index (χ1v) is 8.65. The minimum atomic E-state index is -0.157. The number of rotatable bonds is 3. The van der Waals surface area contributed by atoms with Crippen LogP contribution in [0.15, 0.2) is 53.3 Å². The molecule has 0 aliphatic rings. The molecule has 0 spiro atoms. The lowest BCUT2D eigenvalue weighted by Crippen LogP contribution is -2.23. The SMILES string of the molecule is COc1ccc(C=c2sc3nnc(-c4ccccc4Cl)n3c2=O)cc1. The molecule has 0 saturated heterocycles. The molecular formula is C18H12ClN3O2S. The fraction of sp³-hybridized carbons (Fsp3) is 0.0556. The Morgan fingerprint density at radius 1 is 1.12 bits per heavy atom. The van der Waals surface area contributed by atoms with Crippen LogP contribution in [0.4, 0.5) is 0 Å². The van der Waals surface area contributed by atoms with Crippen LogP contribution in [-0.2, 0) is 0 Å². The third-order valence-corrected chi connectivity index (χ3v) is 5.07. The van der Waals surface area contributed by atoms with Crippen LogP contribution in [0.5, 0.6) is 5.75 Å². The summed E-state index contributed by atoms with van der Waals surface area (Å²) in [6.45, 7) is 0. The smallest absolute Gasteiger partial charge is 0.276 e. The molecule has 2 aromatic carbocycles. The molecule has 0 amide bonds. The Morgan fingerprint density at radius 3 is 2.60 bits per heavy atom. The first-order chi connectivity index (χ1) is 12.2. The van der Waals surface area contributed by atoms with Gasteiger partial charge in [-0.3, -0.25) is 4.79 Å². The van der Waals surface area contributed by atoms with E-state index in [-0.39, 0.29) is 5.56 Å². The Balaban J connectivity index is 1.88. The van der Waals surface area contributed by atoms with Crippen molar-refractivity contribution in [1.82, 2.24) is 14.6 Å². The van der Waals surface area contributed by atoms with Crippen molar-refractivity contribution in [1.29, 1.82) is 0 Å². The van der Waals surface area contributed by atoms with E-state index in [9.17, 15) is 4.79 Å². The van der Waals surface area contributed by atoms with Gasteiger partial charge in [-0.05, 0) is 35.9 Å². The average molecular weight is 370 g/mol. The number of ether oxygens (including phenoxy) is 1. The molecule has 0 radical (unpaired) electrons. The van der Waals surface area contributed by atoms with E-state index in [2.05, 4.69) is 10.2 Å². The van der Waals surface area contributed by atoms with Crippen LogP contribution in [0.2, 0.25) is 5.02 Å². The topological polar surface area (TPSA) is 56.5 Å². The lowest BCUT2D eigenvalue weighted by atomic mass is 10.2. The second kappa shape index (κ2) is 6.31. The van der Waals surface area contributed by atoms with Crippen molar-refractivity contribution in [3.05, 3.63) is 74.0 Å². The first-order valence-electron chi connectivity index (χ1n) is 7.46. The van der Waals surface area contributed by atoms with Crippen LogP contribution in [-0.4, -0.2) is 21.7 Å². The summed E-state index contributed by atoms with van der Waals surface area (Å²) in [7, 11) is 1.62. The quantitative estimate of drug-likeness (QED) is 0.557. The molecule has 0 atom stereocenters. The molecule has 0 bridgehead atoms. The number of nitrogens with zero attached hydrogens (tertiary/aromatic N) is 3. The maximum Gasteiger partial charge on any atom is 0.276 e. The van der Waals surface area contributed by atoms with Crippen molar-refractivity contribution in [2.45, 2.75) is 0 Å². The van der Waals surface area contributed by atoms with Gasteiger partial charge in [0.25, 0.3) is 5.56 Å². The third kappa shape index (κ3) is 2.79. The molecule has 25 heavy (non-hydrogen) atoms. The van der Waals surface area contributed by atoms with Gasteiger partial charge in [0.2, 0.25) is 4.96 Å². The molecule has 4 aromatic rings. The van der Waals surface area contributed by atoms with Gasteiger partial charge in [-0.1, -0.05) is 47.2 Å². The summed E-state index contributed by atoms with van der Waals surface area (Å²) in [6.07, 6.45) is 1.83. The number of methoxy groups -OCH3 is 1. The maximum atomic E-state index is 12.8. The summed E-state index contributed by atoms with van der Waals surface area (Å²) >= 11 is 7.53. The van der Waals surface area contributed by atoms with E-state index in [0.717, 1.165) is 11.3 Å². The van der Waals surface area contributed by atoms with Gasteiger partial charge in [0.05, 0.1) is 16.7 Å². The van der Waals surface area contributed by atoms with Crippen molar-refractivity contribution in [3.8, 4) is 17.1 Å². The van der Waals surface area contributed by atoms with Gasteiger partial charge >= 0.3 is 0 Å². The molecule has 0 fully saturated rings. The second-order valence-corrected chi connectivity index (χ2v) is 6.73. The van der Waals surface area contributed by atoms with E-state index in [1.807, 2.05) is 48.5 Å². The highest BCUT2D eigenvalue weighted by Gasteiger charge is 2.15. The van der Waals surface area contributed by atoms with E-state index in [1.165, 1.54) is 15.7 Å². The van der Waals surface area contributed by atoms with Crippen LogP contribution >= 0.6 is 22.9 Å². The van der Waals surface area contributed by atoms with E-state index < -0.39 is 0 Å².